The number of carbonyl (C=O) groups excluding carboxylic acids is 1. The van der Waals surface area contributed by atoms with E-state index in [2.05, 4.69) is 16.6 Å². The molecule has 3 nitrogen and oxygen atoms in total. The Kier molecular flexibility index (Phi) is 3.69. The molecule has 0 amide bonds. The number of halogens is 1. The number of ether oxygens (including phenoxy) is 1. The molecule has 0 atom stereocenters. The van der Waals surface area contributed by atoms with Crippen LogP contribution in [0.5, 0.6) is 5.75 Å². The summed E-state index contributed by atoms with van der Waals surface area (Å²) < 4.78 is 17.6. The first-order chi connectivity index (χ1) is 7.15. The third-order valence-corrected chi connectivity index (χ3v) is 1.56. The van der Waals surface area contributed by atoms with E-state index in [1.165, 1.54) is 12.1 Å². The average Bonchev–Trinajstić information content (AvgIpc) is 2.17. The van der Waals surface area contributed by atoms with Crippen molar-refractivity contribution in [3.05, 3.63) is 29.6 Å². The summed E-state index contributed by atoms with van der Waals surface area (Å²) in [5.41, 5.74) is -0.203. The minimum atomic E-state index is -0.750. The number of carbonyl (C=O) groups is 1. The fourth-order valence-corrected chi connectivity index (χ4v) is 0.917. The third-order valence-electron chi connectivity index (χ3n) is 1.56. The second kappa shape index (κ2) is 5.01. The predicted octanol–water partition coefficient (Wildman–Crippen LogP) is 1.45. The zero-order valence-electron chi connectivity index (χ0n) is 8.08. The van der Waals surface area contributed by atoms with Crippen LogP contribution in [0.15, 0.2) is 18.2 Å². The van der Waals surface area contributed by atoms with E-state index >= 15 is 0 Å². The molecule has 0 aliphatic carbocycles. The van der Waals surface area contributed by atoms with Crippen molar-refractivity contribution < 1.29 is 19.0 Å². The number of phenolic OH excluding ortho intramolecular Hbond substituents is 1. The van der Waals surface area contributed by atoms with Crippen LogP contribution in [0, 0.1) is 17.7 Å². The first-order valence-electron chi connectivity index (χ1n) is 4.31. The van der Waals surface area contributed by atoms with Gasteiger partial charge in [0.15, 0.2) is 0 Å². The van der Waals surface area contributed by atoms with E-state index in [1.807, 2.05) is 0 Å². The first-order valence-corrected chi connectivity index (χ1v) is 4.31. The summed E-state index contributed by atoms with van der Waals surface area (Å²) in [5.74, 6) is 2.56. The summed E-state index contributed by atoms with van der Waals surface area (Å²) >= 11 is 0. The van der Waals surface area contributed by atoms with E-state index in [9.17, 15) is 14.3 Å². The summed E-state index contributed by atoms with van der Waals surface area (Å²) in [4.78, 5) is 10.8. The van der Waals surface area contributed by atoms with Gasteiger partial charge < -0.3 is 9.84 Å². The van der Waals surface area contributed by atoms with E-state index < -0.39 is 11.8 Å². The van der Waals surface area contributed by atoms with Crippen LogP contribution in [0.3, 0.4) is 0 Å². The summed E-state index contributed by atoms with van der Waals surface area (Å²) in [6, 6.07) is 3.79. The lowest BCUT2D eigenvalue weighted by molar-refractivity contribution is -0.136. The lowest BCUT2D eigenvalue weighted by Crippen LogP contribution is -1.99. The van der Waals surface area contributed by atoms with Crippen molar-refractivity contribution in [3.8, 4) is 17.6 Å². The second-order valence-corrected chi connectivity index (χ2v) is 2.60. The Bertz CT molecular complexity index is 409. The number of phenols is 1. The van der Waals surface area contributed by atoms with Gasteiger partial charge in [0, 0.05) is 5.92 Å². The van der Waals surface area contributed by atoms with E-state index in [4.69, 9.17) is 0 Å². The highest BCUT2D eigenvalue weighted by atomic mass is 19.1. The van der Waals surface area contributed by atoms with Crippen LogP contribution in [0.25, 0.3) is 0 Å². The highest BCUT2D eigenvalue weighted by Crippen LogP contribution is 2.17. The summed E-state index contributed by atoms with van der Waals surface area (Å²) in [5, 5.41) is 9.24. The highest BCUT2D eigenvalue weighted by Gasteiger charge is 2.04. The average molecular weight is 208 g/mol. The van der Waals surface area contributed by atoms with Crippen molar-refractivity contribution in [1.29, 1.82) is 0 Å². The number of aromatic hydroxyl groups is 1. The second-order valence-electron chi connectivity index (χ2n) is 2.60. The molecule has 0 saturated heterocycles. The molecular weight excluding hydrogens is 199 g/mol. The van der Waals surface area contributed by atoms with Gasteiger partial charge in [-0.3, -0.25) is 0 Å². The Balaban J connectivity index is 2.93. The van der Waals surface area contributed by atoms with Crippen LogP contribution in [0.4, 0.5) is 4.39 Å². The minimum absolute atomic E-state index is 0.203. The van der Waals surface area contributed by atoms with Gasteiger partial charge in [0.1, 0.15) is 17.1 Å². The van der Waals surface area contributed by atoms with Gasteiger partial charge in [0.2, 0.25) is 0 Å². The minimum Gasteiger partial charge on any atom is -0.507 e. The van der Waals surface area contributed by atoms with E-state index in [0.717, 1.165) is 6.07 Å². The Morgan fingerprint density at radius 2 is 2.33 bits per heavy atom. The highest BCUT2D eigenvalue weighted by molar-refractivity contribution is 5.89. The molecule has 0 bridgehead atoms. The van der Waals surface area contributed by atoms with Crippen LogP contribution < -0.4 is 0 Å². The van der Waals surface area contributed by atoms with Gasteiger partial charge in [-0.2, -0.15) is 0 Å². The molecule has 0 aliphatic rings. The molecule has 1 rings (SSSR count). The van der Waals surface area contributed by atoms with Gasteiger partial charge in [0.05, 0.1) is 6.61 Å². The van der Waals surface area contributed by atoms with Gasteiger partial charge in [-0.15, -0.1) is 0 Å². The van der Waals surface area contributed by atoms with Crippen LogP contribution in [0.2, 0.25) is 0 Å². The molecule has 15 heavy (non-hydrogen) atoms. The molecule has 0 fully saturated rings. The maximum atomic E-state index is 13.1. The normalized spacial score (nSPS) is 8.93. The van der Waals surface area contributed by atoms with E-state index in [1.54, 1.807) is 6.92 Å². The summed E-state index contributed by atoms with van der Waals surface area (Å²) in [7, 11) is 0. The number of esters is 1. The monoisotopic (exact) mass is 208 g/mol. The number of hydrogen-bond acceptors (Lipinski definition) is 3. The zero-order valence-corrected chi connectivity index (χ0v) is 8.08. The molecule has 0 spiro atoms. The molecule has 1 aromatic carbocycles. The molecule has 0 aromatic heterocycles. The number of benzene rings is 1. The first kappa shape index (κ1) is 11.1. The molecule has 1 aromatic rings. The van der Waals surface area contributed by atoms with Gasteiger partial charge in [0.25, 0.3) is 0 Å². The Hall–Kier alpha value is -2.02. The van der Waals surface area contributed by atoms with Crippen molar-refractivity contribution in [3.63, 3.8) is 0 Å². The van der Waals surface area contributed by atoms with Crippen LogP contribution in [-0.4, -0.2) is 17.7 Å². The third kappa shape index (κ3) is 2.99. The molecule has 78 valence electrons. The fraction of sp³-hybridized carbons (Fsp3) is 0.182. The van der Waals surface area contributed by atoms with Crippen molar-refractivity contribution in [1.82, 2.24) is 0 Å². The fourth-order valence-electron chi connectivity index (χ4n) is 0.917. The van der Waals surface area contributed by atoms with Gasteiger partial charge in [-0.25, -0.2) is 9.18 Å². The van der Waals surface area contributed by atoms with E-state index in [0.29, 0.717) is 0 Å². The molecule has 0 heterocycles. The Morgan fingerprint density at radius 3 is 2.93 bits per heavy atom. The van der Waals surface area contributed by atoms with Crippen LogP contribution in [0.1, 0.15) is 12.5 Å². The Labute approximate surface area is 86.5 Å². The largest absolute Gasteiger partial charge is 0.507 e. The zero-order chi connectivity index (χ0) is 11.3. The predicted molar refractivity (Wildman–Crippen MR) is 51.6 cm³/mol. The van der Waals surface area contributed by atoms with Crippen molar-refractivity contribution in [2.75, 3.05) is 6.61 Å². The lowest BCUT2D eigenvalue weighted by Gasteiger charge is -1.96. The number of rotatable bonds is 1. The molecule has 0 radical (unpaired) electrons. The lowest BCUT2D eigenvalue weighted by atomic mass is 10.2. The van der Waals surface area contributed by atoms with Crippen LogP contribution >= 0.6 is 0 Å². The molecule has 0 saturated carbocycles. The maximum Gasteiger partial charge on any atom is 0.384 e. The van der Waals surface area contributed by atoms with Gasteiger partial charge in [-0.05, 0) is 25.0 Å². The SMILES string of the molecule is CCOC(=O)C#Cc1c(O)cccc1F. The molecule has 0 aliphatic heterocycles. The maximum absolute atomic E-state index is 13.1. The standard InChI is InChI=1S/C11H9FO3/c1-2-15-11(14)7-6-8-9(12)4-3-5-10(8)13/h3-5,13H,2H2,1H3. The van der Waals surface area contributed by atoms with E-state index in [-0.39, 0.29) is 17.9 Å². The topological polar surface area (TPSA) is 46.5 Å². The quantitative estimate of drug-likeness (QED) is 0.561. The molecule has 4 heteroatoms. The number of hydrogen-bond donors (Lipinski definition) is 1. The molecule has 0 unspecified atom stereocenters. The molecular formula is C11H9FO3. The van der Waals surface area contributed by atoms with Gasteiger partial charge >= 0.3 is 5.97 Å². The summed E-state index contributed by atoms with van der Waals surface area (Å²) in [6.07, 6.45) is 0. The van der Waals surface area contributed by atoms with Gasteiger partial charge in [-0.1, -0.05) is 6.07 Å². The van der Waals surface area contributed by atoms with Crippen molar-refractivity contribution in [2.24, 2.45) is 0 Å². The Morgan fingerprint density at radius 1 is 1.60 bits per heavy atom. The van der Waals surface area contributed by atoms with Crippen molar-refractivity contribution >= 4 is 5.97 Å². The van der Waals surface area contributed by atoms with Crippen LogP contribution in [-0.2, 0) is 9.53 Å². The summed E-state index contributed by atoms with van der Waals surface area (Å²) in [6.45, 7) is 1.84. The molecule has 1 N–H and O–H groups in total. The van der Waals surface area contributed by atoms with Crippen molar-refractivity contribution in [2.45, 2.75) is 6.92 Å². The smallest absolute Gasteiger partial charge is 0.384 e.